The van der Waals surface area contributed by atoms with E-state index in [-0.39, 0.29) is 0 Å². The van der Waals surface area contributed by atoms with Crippen molar-refractivity contribution in [2.24, 2.45) is 0 Å². The van der Waals surface area contributed by atoms with E-state index in [1.807, 2.05) is 11.9 Å². The molecule has 0 radical (unpaired) electrons. The topological polar surface area (TPSA) is 32.3 Å². The van der Waals surface area contributed by atoms with Crippen LogP contribution in [0.4, 0.5) is 0 Å². The van der Waals surface area contributed by atoms with Crippen LogP contribution in [0.5, 0.6) is 0 Å². The third-order valence-corrected chi connectivity index (χ3v) is 3.41. The third-order valence-electron chi connectivity index (χ3n) is 3.41. The van der Waals surface area contributed by atoms with Gasteiger partial charge in [-0.25, -0.2) is 0 Å². The molecule has 1 saturated carbocycles. The van der Waals surface area contributed by atoms with Crippen molar-refractivity contribution in [2.75, 3.05) is 13.6 Å². The van der Waals surface area contributed by atoms with E-state index in [4.69, 9.17) is 0 Å². The first-order valence-electron chi connectivity index (χ1n) is 6.60. The van der Waals surface area contributed by atoms with Crippen LogP contribution in [0.2, 0.25) is 0 Å². The minimum absolute atomic E-state index is 0.292. The van der Waals surface area contributed by atoms with E-state index in [0.717, 1.165) is 6.54 Å². The predicted molar refractivity (Wildman–Crippen MR) is 67.4 cm³/mol. The summed E-state index contributed by atoms with van der Waals surface area (Å²) in [4.78, 5) is 13.9. The van der Waals surface area contributed by atoms with Gasteiger partial charge in [0.15, 0.2) is 0 Å². The van der Waals surface area contributed by atoms with Gasteiger partial charge in [0, 0.05) is 32.1 Å². The molecule has 0 aromatic carbocycles. The van der Waals surface area contributed by atoms with Crippen LogP contribution in [-0.4, -0.2) is 36.5 Å². The molecule has 1 aliphatic rings. The van der Waals surface area contributed by atoms with Crippen LogP contribution in [0.15, 0.2) is 0 Å². The molecule has 3 nitrogen and oxygen atoms in total. The minimum atomic E-state index is 0.292. The second kappa shape index (κ2) is 6.89. The highest BCUT2D eigenvalue weighted by Gasteiger charge is 2.21. The highest BCUT2D eigenvalue weighted by Crippen LogP contribution is 2.21. The number of hydrogen-bond donors (Lipinski definition) is 1. The standard InChI is InChI=1S/C13H26N2O/c1-11(2)14-10-9-13(16)15(3)12-7-5-4-6-8-12/h11-12,14H,4-10H2,1-3H3. The van der Waals surface area contributed by atoms with E-state index in [0.29, 0.717) is 24.4 Å². The van der Waals surface area contributed by atoms with E-state index >= 15 is 0 Å². The zero-order valence-corrected chi connectivity index (χ0v) is 11.0. The van der Waals surface area contributed by atoms with Crippen molar-refractivity contribution in [3.05, 3.63) is 0 Å². The lowest BCUT2D eigenvalue weighted by Crippen LogP contribution is -2.39. The average Bonchev–Trinajstić information content (AvgIpc) is 2.28. The maximum atomic E-state index is 11.9. The van der Waals surface area contributed by atoms with Gasteiger partial charge in [0.25, 0.3) is 0 Å². The molecule has 1 fully saturated rings. The molecule has 0 spiro atoms. The maximum Gasteiger partial charge on any atom is 0.223 e. The molecule has 16 heavy (non-hydrogen) atoms. The highest BCUT2D eigenvalue weighted by atomic mass is 16.2. The Balaban J connectivity index is 2.23. The SMILES string of the molecule is CC(C)NCCC(=O)N(C)C1CCCCC1. The molecule has 0 atom stereocenters. The molecule has 0 aliphatic heterocycles. The van der Waals surface area contributed by atoms with Crippen molar-refractivity contribution in [3.63, 3.8) is 0 Å². The number of nitrogens with one attached hydrogen (secondary N) is 1. The molecule has 1 rings (SSSR count). The van der Waals surface area contributed by atoms with Gasteiger partial charge in [-0.3, -0.25) is 4.79 Å². The molecule has 0 heterocycles. The lowest BCUT2D eigenvalue weighted by Gasteiger charge is -2.31. The summed E-state index contributed by atoms with van der Waals surface area (Å²) in [5.74, 6) is 0.292. The highest BCUT2D eigenvalue weighted by molar-refractivity contribution is 5.76. The molecule has 0 saturated heterocycles. The Morgan fingerprint density at radius 3 is 2.50 bits per heavy atom. The third kappa shape index (κ3) is 4.52. The van der Waals surface area contributed by atoms with Crippen LogP contribution in [0.1, 0.15) is 52.4 Å². The second-order valence-corrected chi connectivity index (χ2v) is 5.16. The van der Waals surface area contributed by atoms with Gasteiger partial charge in [0.1, 0.15) is 0 Å². The van der Waals surface area contributed by atoms with Crippen molar-refractivity contribution >= 4 is 5.91 Å². The monoisotopic (exact) mass is 226 g/mol. The number of carbonyl (C=O) groups excluding carboxylic acids is 1. The quantitative estimate of drug-likeness (QED) is 0.779. The molecule has 0 aromatic heterocycles. The van der Waals surface area contributed by atoms with Gasteiger partial charge in [-0.05, 0) is 12.8 Å². The fourth-order valence-corrected chi connectivity index (χ4v) is 2.32. The molecule has 94 valence electrons. The van der Waals surface area contributed by atoms with Gasteiger partial charge < -0.3 is 10.2 Å². The zero-order valence-electron chi connectivity index (χ0n) is 11.0. The molecular weight excluding hydrogens is 200 g/mol. The number of amides is 1. The lowest BCUT2D eigenvalue weighted by atomic mass is 9.94. The molecule has 1 amide bonds. The van der Waals surface area contributed by atoms with Crippen molar-refractivity contribution in [1.82, 2.24) is 10.2 Å². The van der Waals surface area contributed by atoms with Gasteiger partial charge in [0.05, 0.1) is 0 Å². The van der Waals surface area contributed by atoms with Gasteiger partial charge in [-0.1, -0.05) is 33.1 Å². The Hall–Kier alpha value is -0.570. The molecule has 0 aromatic rings. The molecule has 1 N–H and O–H groups in total. The van der Waals surface area contributed by atoms with Crippen LogP contribution < -0.4 is 5.32 Å². The Labute approximate surface area is 99.6 Å². The minimum Gasteiger partial charge on any atom is -0.343 e. The van der Waals surface area contributed by atoms with Gasteiger partial charge in [-0.15, -0.1) is 0 Å². The summed E-state index contributed by atoms with van der Waals surface area (Å²) in [6, 6.07) is 0.966. The summed E-state index contributed by atoms with van der Waals surface area (Å²) in [5.41, 5.74) is 0. The number of hydrogen-bond acceptors (Lipinski definition) is 2. The Bertz CT molecular complexity index is 210. The Kier molecular flexibility index (Phi) is 5.81. The van der Waals surface area contributed by atoms with Crippen LogP contribution in [0.25, 0.3) is 0 Å². The van der Waals surface area contributed by atoms with E-state index in [9.17, 15) is 4.79 Å². The van der Waals surface area contributed by atoms with Gasteiger partial charge >= 0.3 is 0 Å². The van der Waals surface area contributed by atoms with Crippen molar-refractivity contribution in [2.45, 2.75) is 64.5 Å². The number of carbonyl (C=O) groups is 1. The lowest BCUT2D eigenvalue weighted by molar-refractivity contribution is -0.132. The fraction of sp³-hybridized carbons (Fsp3) is 0.923. The molecular formula is C13H26N2O. The van der Waals surface area contributed by atoms with Crippen LogP contribution in [0, 0.1) is 0 Å². The average molecular weight is 226 g/mol. The zero-order chi connectivity index (χ0) is 12.0. The van der Waals surface area contributed by atoms with Gasteiger partial charge in [-0.2, -0.15) is 0 Å². The molecule has 0 unspecified atom stereocenters. The predicted octanol–water partition coefficient (Wildman–Crippen LogP) is 2.17. The summed E-state index contributed by atoms with van der Waals surface area (Å²) in [7, 11) is 1.97. The van der Waals surface area contributed by atoms with E-state index in [1.165, 1.54) is 32.1 Å². The van der Waals surface area contributed by atoms with Crippen molar-refractivity contribution < 1.29 is 4.79 Å². The van der Waals surface area contributed by atoms with E-state index in [1.54, 1.807) is 0 Å². The maximum absolute atomic E-state index is 11.9. The van der Waals surface area contributed by atoms with Crippen LogP contribution >= 0.6 is 0 Å². The summed E-state index contributed by atoms with van der Waals surface area (Å²) < 4.78 is 0. The first-order chi connectivity index (χ1) is 7.61. The van der Waals surface area contributed by atoms with Crippen molar-refractivity contribution in [1.29, 1.82) is 0 Å². The van der Waals surface area contributed by atoms with Crippen molar-refractivity contribution in [3.8, 4) is 0 Å². The van der Waals surface area contributed by atoms with E-state index in [2.05, 4.69) is 19.2 Å². The van der Waals surface area contributed by atoms with Crippen LogP contribution in [0.3, 0.4) is 0 Å². The second-order valence-electron chi connectivity index (χ2n) is 5.16. The summed E-state index contributed by atoms with van der Waals surface area (Å²) in [6.45, 7) is 5.01. The first-order valence-corrected chi connectivity index (χ1v) is 6.60. The molecule has 3 heteroatoms. The first kappa shape index (κ1) is 13.5. The summed E-state index contributed by atoms with van der Waals surface area (Å²) in [6.07, 6.45) is 6.93. The van der Waals surface area contributed by atoms with Gasteiger partial charge in [0.2, 0.25) is 5.91 Å². The Morgan fingerprint density at radius 1 is 1.31 bits per heavy atom. The number of rotatable bonds is 5. The molecule has 1 aliphatic carbocycles. The molecule has 0 bridgehead atoms. The fourth-order valence-electron chi connectivity index (χ4n) is 2.32. The normalized spacial score (nSPS) is 17.8. The summed E-state index contributed by atoms with van der Waals surface area (Å²) in [5, 5.41) is 3.29. The van der Waals surface area contributed by atoms with Crippen LogP contribution in [-0.2, 0) is 4.79 Å². The van der Waals surface area contributed by atoms with E-state index < -0.39 is 0 Å². The Morgan fingerprint density at radius 2 is 1.94 bits per heavy atom. The largest absolute Gasteiger partial charge is 0.343 e. The summed E-state index contributed by atoms with van der Waals surface area (Å²) >= 11 is 0. The number of nitrogens with zero attached hydrogens (tertiary/aromatic N) is 1. The smallest absolute Gasteiger partial charge is 0.223 e.